The molecule has 2 aromatic rings. The van der Waals surface area contributed by atoms with E-state index in [-0.39, 0.29) is 43.1 Å². The maximum atomic E-state index is 12.0. The van der Waals surface area contributed by atoms with Crippen LogP contribution in [0.4, 0.5) is 5.95 Å². The van der Waals surface area contributed by atoms with Gasteiger partial charge in [0.25, 0.3) is 5.91 Å². The van der Waals surface area contributed by atoms with E-state index in [0.29, 0.717) is 5.56 Å². The van der Waals surface area contributed by atoms with Crippen LogP contribution in [0, 0.1) is 0 Å². The van der Waals surface area contributed by atoms with E-state index in [2.05, 4.69) is 20.5 Å². The minimum Gasteiger partial charge on any atom is -0.291 e. The number of nitrogens with zero attached hydrogens (tertiary/aromatic N) is 3. The summed E-state index contributed by atoms with van der Waals surface area (Å²) in [7, 11) is 0. The predicted octanol–water partition coefficient (Wildman–Crippen LogP) is 0.706. The Labute approximate surface area is 125 Å². The number of likely N-dealkylation sites (tertiary alicyclic amines) is 1. The molecule has 0 radical (unpaired) electrons. The average molecular weight is 299 g/mol. The summed E-state index contributed by atoms with van der Waals surface area (Å²) < 4.78 is 0. The molecule has 0 aliphatic carbocycles. The Bertz CT molecular complexity index is 693. The first-order valence-electron chi connectivity index (χ1n) is 6.72. The second-order valence-corrected chi connectivity index (χ2v) is 4.86. The second-order valence-electron chi connectivity index (χ2n) is 4.86. The van der Waals surface area contributed by atoms with Gasteiger partial charge in [0.05, 0.1) is 6.54 Å². The monoisotopic (exact) mass is 299 g/mol. The molecular formula is C14H13N5O3. The molecule has 0 saturated carbocycles. The summed E-state index contributed by atoms with van der Waals surface area (Å²) in [6.07, 6.45) is 1.84. The van der Waals surface area contributed by atoms with Crippen molar-refractivity contribution in [3.63, 3.8) is 0 Å². The van der Waals surface area contributed by atoms with Crippen LogP contribution in [-0.4, -0.2) is 37.8 Å². The summed E-state index contributed by atoms with van der Waals surface area (Å²) in [6, 6.07) is 6.69. The minimum atomic E-state index is -0.323. The Hall–Kier alpha value is -3.03. The quantitative estimate of drug-likeness (QED) is 0.808. The van der Waals surface area contributed by atoms with Gasteiger partial charge in [0.1, 0.15) is 6.33 Å². The first-order chi connectivity index (χ1) is 10.6. The van der Waals surface area contributed by atoms with Gasteiger partial charge in [-0.05, 0) is 17.7 Å². The zero-order chi connectivity index (χ0) is 15.5. The summed E-state index contributed by atoms with van der Waals surface area (Å²) in [6.45, 7) is 0.238. The van der Waals surface area contributed by atoms with Crippen LogP contribution < -0.4 is 5.32 Å². The Morgan fingerprint density at radius 1 is 1.18 bits per heavy atom. The van der Waals surface area contributed by atoms with Gasteiger partial charge >= 0.3 is 0 Å². The number of nitrogens with one attached hydrogen (secondary N) is 2. The van der Waals surface area contributed by atoms with Crippen LogP contribution in [0.3, 0.4) is 0 Å². The number of carbonyl (C=O) groups is 3. The lowest BCUT2D eigenvalue weighted by Gasteiger charge is -2.13. The van der Waals surface area contributed by atoms with Gasteiger partial charge in [0.15, 0.2) is 0 Å². The molecule has 0 unspecified atom stereocenters. The number of hydrogen-bond acceptors (Lipinski definition) is 5. The van der Waals surface area contributed by atoms with E-state index in [1.54, 1.807) is 24.3 Å². The molecule has 3 amide bonds. The van der Waals surface area contributed by atoms with Crippen LogP contribution in [0.15, 0.2) is 30.6 Å². The van der Waals surface area contributed by atoms with Crippen molar-refractivity contribution in [1.82, 2.24) is 20.1 Å². The maximum absolute atomic E-state index is 12.0. The second kappa shape index (κ2) is 5.76. The summed E-state index contributed by atoms with van der Waals surface area (Å²) in [4.78, 5) is 40.1. The smallest absolute Gasteiger partial charge is 0.258 e. The molecule has 1 fully saturated rings. The van der Waals surface area contributed by atoms with Gasteiger partial charge in [-0.2, -0.15) is 10.1 Å². The van der Waals surface area contributed by atoms with Gasteiger partial charge in [-0.3, -0.25) is 24.6 Å². The molecule has 1 aromatic carbocycles. The number of benzene rings is 1. The van der Waals surface area contributed by atoms with Crippen LogP contribution in [0.2, 0.25) is 0 Å². The highest BCUT2D eigenvalue weighted by Crippen LogP contribution is 2.16. The highest BCUT2D eigenvalue weighted by Gasteiger charge is 2.28. The number of hydrogen-bond donors (Lipinski definition) is 2. The van der Waals surface area contributed by atoms with Crippen LogP contribution in [0.1, 0.15) is 28.8 Å². The molecule has 8 nitrogen and oxygen atoms in total. The fourth-order valence-electron chi connectivity index (χ4n) is 2.19. The summed E-state index contributed by atoms with van der Waals surface area (Å²) in [5, 5.41) is 8.72. The third-order valence-electron chi connectivity index (χ3n) is 3.36. The predicted molar refractivity (Wildman–Crippen MR) is 75.6 cm³/mol. The maximum Gasteiger partial charge on any atom is 0.258 e. The number of anilines is 1. The van der Waals surface area contributed by atoms with Gasteiger partial charge < -0.3 is 0 Å². The van der Waals surface area contributed by atoms with Crippen LogP contribution in [-0.2, 0) is 16.1 Å². The number of imide groups is 1. The van der Waals surface area contributed by atoms with Crippen LogP contribution >= 0.6 is 0 Å². The molecule has 2 N–H and O–H groups in total. The van der Waals surface area contributed by atoms with Crippen molar-refractivity contribution in [2.75, 3.05) is 5.32 Å². The standard InChI is InChI=1S/C14H13N5O3/c20-11-5-6-12(21)19(11)7-9-1-3-10(4-2-9)13(22)17-14-15-8-16-18-14/h1-4,8H,5-7H2,(H2,15,16,17,18,22). The van der Waals surface area contributed by atoms with Gasteiger partial charge in [0, 0.05) is 18.4 Å². The largest absolute Gasteiger partial charge is 0.291 e. The van der Waals surface area contributed by atoms with Gasteiger partial charge in [-0.15, -0.1) is 0 Å². The third kappa shape index (κ3) is 2.85. The van der Waals surface area contributed by atoms with E-state index in [4.69, 9.17) is 0 Å². The molecule has 1 aliphatic heterocycles. The Kier molecular flexibility index (Phi) is 3.65. The molecule has 1 aliphatic rings. The topological polar surface area (TPSA) is 108 Å². The van der Waals surface area contributed by atoms with Crippen LogP contribution in [0.25, 0.3) is 0 Å². The fourth-order valence-corrected chi connectivity index (χ4v) is 2.19. The lowest BCUT2D eigenvalue weighted by Crippen LogP contribution is -2.28. The van der Waals surface area contributed by atoms with E-state index < -0.39 is 0 Å². The molecule has 112 valence electrons. The molecule has 1 aromatic heterocycles. The van der Waals surface area contributed by atoms with Crippen molar-refractivity contribution in [3.05, 3.63) is 41.7 Å². The number of amides is 3. The van der Waals surface area contributed by atoms with E-state index in [1.807, 2.05) is 0 Å². The first kappa shape index (κ1) is 13.9. The SMILES string of the molecule is O=C(Nc1ncn[nH]1)c1ccc(CN2C(=O)CCC2=O)cc1. The molecular weight excluding hydrogens is 286 g/mol. The average Bonchev–Trinajstić information content (AvgIpc) is 3.13. The minimum absolute atomic E-state index is 0.155. The van der Waals surface area contributed by atoms with E-state index in [9.17, 15) is 14.4 Å². The lowest BCUT2D eigenvalue weighted by molar-refractivity contribution is -0.139. The van der Waals surface area contributed by atoms with Crippen molar-refractivity contribution >= 4 is 23.7 Å². The molecule has 0 spiro atoms. The molecule has 0 atom stereocenters. The lowest BCUT2D eigenvalue weighted by atomic mass is 10.1. The normalized spacial score (nSPS) is 14.5. The highest BCUT2D eigenvalue weighted by molar-refractivity contribution is 6.03. The molecule has 0 bridgehead atoms. The molecule has 3 rings (SSSR count). The van der Waals surface area contributed by atoms with Crippen molar-refractivity contribution in [2.45, 2.75) is 19.4 Å². The Morgan fingerprint density at radius 3 is 2.45 bits per heavy atom. The Morgan fingerprint density at radius 2 is 1.86 bits per heavy atom. The summed E-state index contributed by atoms with van der Waals surface area (Å²) in [5.41, 5.74) is 1.24. The number of aromatic nitrogens is 3. The number of carbonyl (C=O) groups excluding carboxylic acids is 3. The van der Waals surface area contributed by atoms with Crippen LogP contribution in [0.5, 0.6) is 0 Å². The van der Waals surface area contributed by atoms with Gasteiger partial charge in [-0.25, -0.2) is 5.10 Å². The molecule has 2 heterocycles. The molecule has 22 heavy (non-hydrogen) atoms. The van der Waals surface area contributed by atoms with Crippen molar-refractivity contribution in [1.29, 1.82) is 0 Å². The highest BCUT2D eigenvalue weighted by atomic mass is 16.2. The van der Waals surface area contributed by atoms with Gasteiger partial charge in [-0.1, -0.05) is 12.1 Å². The van der Waals surface area contributed by atoms with E-state index in [0.717, 1.165) is 5.56 Å². The zero-order valence-corrected chi connectivity index (χ0v) is 11.6. The number of rotatable bonds is 4. The molecule has 1 saturated heterocycles. The fraction of sp³-hybridized carbons (Fsp3) is 0.214. The van der Waals surface area contributed by atoms with Crippen molar-refractivity contribution in [3.8, 4) is 0 Å². The van der Waals surface area contributed by atoms with Gasteiger partial charge in [0.2, 0.25) is 17.8 Å². The summed E-state index contributed by atoms with van der Waals surface area (Å²) in [5.74, 6) is -0.367. The number of H-pyrrole nitrogens is 1. The van der Waals surface area contributed by atoms with Crippen molar-refractivity contribution < 1.29 is 14.4 Å². The first-order valence-corrected chi connectivity index (χ1v) is 6.72. The molecule has 8 heteroatoms. The summed E-state index contributed by atoms with van der Waals surface area (Å²) >= 11 is 0. The third-order valence-corrected chi connectivity index (χ3v) is 3.36. The van der Waals surface area contributed by atoms with E-state index in [1.165, 1.54) is 11.2 Å². The zero-order valence-electron chi connectivity index (χ0n) is 11.6. The Balaban J connectivity index is 1.66. The van der Waals surface area contributed by atoms with E-state index >= 15 is 0 Å². The van der Waals surface area contributed by atoms with Crippen molar-refractivity contribution in [2.24, 2.45) is 0 Å². The number of aromatic amines is 1.